The maximum atomic E-state index is 12.2. The number of nitrogens with one attached hydrogen (secondary N) is 1. The third kappa shape index (κ3) is 3.58. The van der Waals surface area contributed by atoms with Crippen molar-refractivity contribution in [2.75, 3.05) is 6.61 Å². The molecule has 1 atom stereocenters. The summed E-state index contributed by atoms with van der Waals surface area (Å²) in [4.78, 5) is 35.7. The summed E-state index contributed by atoms with van der Waals surface area (Å²) in [6, 6.07) is 3.41. The van der Waals surface area contributed by atoms with Crippen LogP contribution in [0.25, 0.3) is 0 Å². The number of ether oxygens (including phenoxy) is 1. The molecule has 1 N–H and O–H groups in total. The normalized spacial score (nSPS) is 17.3. The van der Waals surface area contributed by atoms with Crippen molar-refractivity contribution in [2.24, 2.45) is 0 Å². The molecule has 124 valence electrons. The number of nitro benzene ring substituents is 1. The molecular formula is C15H19N3O5. The zero-order valence-corrected chi connectivity index (χ0v) is 13.1. The van der Waals surface area contributed by atoms with Crippen LogP contribution in [-0.4, -0.2) is 34.4 Å². The van der Waals surface area contributed by atoms with Gasteiger partial charge in [0.05, 0.1) is 18.1 Å². The predicted molar refractivity (Wildman–Crippen MR) is 82.0 cm³/mol. The van der Waals surface area contributed by atoms with E-state index in [4.69, 9.17) is 4.74 Å². The molecule has 0 radical (unpaired) electrons. The Hall–Kier alpha value is -2.64. The monoisotopic (exact) mass is 321 g/mol. The average molecular weight is 321 g/mol. The Morgan fingerprint density at radius 1 is 1.35 bits per heavy atom. The highest BCUT2D eigenvalue weighted by Gasteiger charge is 2.37. The topological polar surface area (TPSA) is 102 Å². The second-order valence-corrected chi connectivity index (χ2v) is 5.21. The number of amides is 3. The van der Waals surface area contributed by atoms with Crippen LogP contribution in [0.4, 0.5) is 10.5 Å². The molecule has 3 amide bonds. The van der Waals surface area contributed by atoms with E-state index in [9.17, 15) is 19.7 Å². The molecule has 1 aromatic carbocycles. The third-order valence-corrected chi connectivity index (χ3v) is 3.55. The van der Waals surface area contributed by atoms with E-state index in [-0.39, 0.29) is 30.5 Å². The summed E-state index contributed by atoms with van der Waals surface area (Å²) in [5.74, 6) is -0.139. The largest absolute Gasteiger partial charge is 0.487 e. The molecule has 8 heteroatoms. The average Bonchev–Trinajstić information content (AvgIpc) is 2.76. The van der Waals surface area contributed by atoms with E-state index in [1.54, 1.807) is 6.92 Å². The summed E-state index contributed by atoms with van der Waals surface area (Å²) >= 11 is 0. The summed E-state index contributed by atoms with van der Waals surface area (Å²) in [7, 11) is 0. The van der Waals surface area contributed by atoms with Crippen molar-refractivity contribution in [2.45, 2.75) is 39.3 Å². The van der Waals surface area contributed by atoms with Gasteiger partial charge in [0.2, 0.25) is 0 Å². The molecule has 1 saturated heterocycles. The summed E-state index contributed by atoms with van der Waals surface area (Å²) in [6.45, 7) is 4.00. The number of nitrogens with zero attached hydrogens (tertiary/aromatic N) is 2. The zero-order valence-electron chi connectivity index (χ0n) is 13.1. The number of rotatable bonds is 7. The van der Waals surface area contributed by atoms with E-state index in [0.717, 1.165) is 11.3 Å². The molecule has 8 nitrogen and oxygen atoms in total. The molecule has 1 heterocycles. The van der Waals surface area contributed by atoms with Crippen LogP contribution >= 0.6 is 0 Å². The Labute approximate surface area is 133 Å². The fourth-order valence-electron chi connectivity index (χ4n) is 2.47. The van der Waals surface area contributed by atoms with Crippen molar-refractivity contribution < 1.29 is 19.2 Å². The minimum Gasteiger partial charge on any atom is -0.487 e. The number of carbonyl (C=O) groups excluding carboxylic acids is 2. The van der Waals surface area contributed by atoms with Crippen molar-refractivity contribution >= 4 is 17.6 Å². The Balaban J connectivity index is 2.20. The second kappa shape index (κ2) is 7.08. The maximum Gasteiger partial charge on any atom is 0.325 e. The molecule has 0 unspecified atom stereocenters. The van der Waals surface area contributed by atoms with Crippen LogP contribution in [0.15, 0.2) is 18.2 Å². The van der Waals surface area contributed by atoms with Gasteiger partial charge in [0.25, 0.3) is 5.91 Å². The molecule has 0 bridgehead atoms. The van der Waals surface area contributed by atoms with Crippen LogP contribution in [0.2, 0.25) is 0 Å². The SMILES string of the molecule is CCC[C@@H]1NC(=O)N(Cc2ccc([N+](=O)[O-])c(OCC)c2)C1=O. The van der Waals surface area contributed by atoms with E-state index in [2.05, 4.69) is 5.32 Å². The lowest BCUT2D eigenvalue weighted by Gasteiger charge is -2.14. The minimum absolute atomic E-state index is 0.0585. The first-order valence-corrected chi connectivity index (χ1v) is 7.49. The van der Waals surface area contributed by atoms with Gasteiger partial charge >= 0.3 is 11.7 Å². The van der Waals surface area contributed by atoms with Crippen LogP contribution < -0.4 is 10.1 Å². The van der Waals surface area contributed by atoms with Crippen molar-refractivity contribution in [1.29, 1.82) is 0 Å². The minimum atomic E-state index is -0.528. The van der Waals surface area contributed by atoms with E-state index in [1.807, 2.05) is 6.92 Å². The number of imide groups is 1. The number of hydrogen-bond donors (Lipinski definition) is 1. The predicted octanol–water partition coefficient (Wildman–Crippen LogP) is 2.21. The van der Waals surface area contributed by atoms with Crippen LogP contribution in [0.5, 0.6) is 5.75 Å². The first-order chi connectivity index (χ1) is 11.0. The highest BCUT2D eigenvalue weighted by atomic mass is 16.6. The molecule has 2 rings (SSSR count). The highest BCUT2D eigenvalue weighted by Crippen LogP contribution is 2.29. The van der Waals surface area contributed by atoms with Gasteiger partial charge in [-0.25, -0.2) is 4.79 Å². The molecule has 0 saturated carbocycles. The van der Waals surface area contributed by atoms with Crippen molar-refractivity contribution in [1.82, 2.24) is 10.2 Å². The maximum absolute atomic E-state index is 12.2. The lowest BCUT2D eigenvalue weighted by atomic mass is 10.1. The molecular weight excluding hydrogens is 302 g/mol. The number of hydrogen-bond acceptors (Lipinski definition) is 5. The lowest BCUT2D eigenvalue weighted by Crippen LogP contribution is -2.30. The van der Waals surface area contributed by atoms with E-state index < -0.39 is 17.0 Å². The van der Waals surface area contributed by atoms with Crippen molar-refractivity contribution in [3.05, 3.63) is 33.9 Å². The molecule has 1 aromatic rings. The fourth-order valence-corrected chi connectivity index (χ4v) is 2.47. The van der Waals surface area contributed by atoms with Crippen LogP contribution in [0.3, 0.4) is 0 Å². The zero-order chi connectivity index (χ0) is 17.0. The summed E-state index contributed by atoms with van der Waals surface area (Å²) in [5.41, 5.74) is 0.455. The van der Waals surface area contributed by atoms with Gasteiger partial charge in [-0.3, -0.25) is 19.8 Å². The van der Waals surface area contributed by atoms with E-state index >= 15 is 0 Å². The van der Waals surface area contributed by atoms with Gasteiger partial charge in [-0.05, 0) is 25.0 Å². The Bertz CT molecular complexity index is 632. The van der Waals surface area contributed by atoms with Crippen LogP contribution in [0.1, 0.15) is 32.3 Å². The Kier molecular flexibility index (Phi) is 5.15. The Morgan fingerprint density at radius 3 is 2.70 bits per heavy atom. The quantitative estimate of drug-likeness (QED) is 0.471. The van der Waals surface area contributed by atoms with Crippen LogP contribution in [0, 0.1) is 10.1 Å². The highest BCUT2D eigenvalue weighted by molar-refractivity contribution is 6.04. The van der Waals surface area contributed by atoms with Gasteiger partial charge < -0.3 is 10.1 Å². The molecule has 0 aliphatic carbocycles. The van der Waals surface area contributed by atoms with Crippen molar-refractivity contribution in [3.63, 3.8) is 0 Å². The van der Waals surface area contributed by atoms with Gasteiger partial charge in [0, 0.05) is 6.07 Å². The van der Waals surface area contributed by atoms with E-state index in [1.165, 1.54) is 18.2 Å². The lowest BCUT2D eigenvalue weighted by molar-refractivity contribution is -0.385. The van der Waals surface area contributed by atoms with Gasteiger partial charge in [0.1, 0.15) is 6.04 Å². The first kappa shape index (κ1) is 16.7. The van der Waals surface area contributed by atoms with E-state index in [0.29, 0.717) is 12.0 Å². The second-order valence-electron chi connectivity index (χ2n) is 5.21. The van der Waals surface area contributed by atoms with Gasteiger partial charge in [-0.15, -0.1) is 0 Å². The standard InChI is InChI=1S/C15H19N3O5/c1-3-5-11-14(19)17(15(20)16-11)9-10-6-7-12(18(21)22)13(8-10)23-4-2/h6-8,11H,3-5,9H2,1-2H3,(H,16,20)/t11-/m0/s1. The summed E-state index contributed by atoms with van der Waals surface area (Å²) in [5, 5.41) is 13.6. The number of urea groups is 1. The number of carbonyl (C=O) groups is 2. The van der Waals surface area contributed by atoms with Gasteiger partial charge in [0.15, 0.2) is 5.75 Å². The summed E-state index contributed by atoms with van der Waals surface area (Å²) < 4.78 is 5.27. The smallest absolute Gasteiger partial charge is 0.325 e. The Morgan fingerprint density at radius 2 is 2.09 bits per heavy atom. The number of nitro groups is 1. The fraction of sp³-hybridized carbons (Fsp3) is 0.467. The third-order valence-electron chi connectivity index (χ3n) is 3.55. The molecule has 0 spiro atoms. The number of benzene rings is 1. The van der Waals surface area contributed by atoms with Crippen molar-refractivity contribution in [3.8, 4) is 5.75 Å². The molecule has 1 fully saturated rings. The molecule has 23 heavy (non-hydrogen) atoms. The molecule has 0 aromatic heterocycles. The van der Waals surface area contributed by atoms with Gasteiger partial charge in [-0.2, -0.15) is 0 Å². The van der Waals surface area contributed by atoms with Crippen LogP contribution in [-0.2, 0) is 11.3 Å². The summed E-state index contributed by atoms with van der Waals surface area (Å²) in [6.07, 6.45) is 1.38. The van der Waals surface area contributed by atoms with Gasteiger partial charge in [-0.1, -0.05) is 19.4 Å². The molecule has 1 aliphatic heterocycles. The molecule has 1 aliphatic rings. The first-order valence-electron chi connectivity index (χ1n) is 7.49.